The second-order valence-corrected chi connectivity index (χ2v) is 7.68. The first-order valence-electron chi connectivity index (χ1n) is 10.5. The van der Waals surface area contributed by atoms with Crippen LogP contribution in [0, 0.1) is 6.92 Å². The summed E-state index contributed by atoms with van der Waals surface area (Å²) < 4.78 is 6.88. The van der Waals surface area contributed by atoms with E-state index in [9.17, 15) is 15.0 Å². The molecule has 172 valence electrons. The van der Waals surface area contributed by atoms with E-state index in [1.165, 1.54) is 16.2 Å². The SMILES string of the molecule is CNCc1ccc(-c2cc(-c3nc(-c4ccc(=O)n(C(CO)CO)c4)cnc3C)on2)cc1.[HH]. The third kappa shape index (κ3) is 4.75. The molecule has 4 rings (SSSR count). The minimum Gasteiger partial charge on any atom is -0.394 e. The molecule has 0 aliphatic heterocycles. The maximum absolute atomic E-state index is 12.2. The van der Waals surface area contributed by atoms with Crippen LogP contribution >= 0.6 is 0 Å². The van der Waals surface area contributed by atoms with E-state index in [-0.39, 0.29) is 20.2 Å². The third-order valence-electron chi connectivity index (χ3n) is 5.38. The highest BCUT2D eigenvalue weighted by atomic mass is 16.5. The fraction of sp³-hybridized carbons (Fsp3) is 0.250. The molecular formula is C24H27N5O4. The van der Waals surface area contributed by atoms with Crippen LogP contribution in [-0.4, -0.2) is 50.2 Å². The summed E-state index contributed by atoms with van der Waals surface area (Å²) in [7, 11) is 1.90. The lowest BCUT2D eigenvalue weighted by Crippen LogP contribution is -2.28. The summed E-state index contributed by atoms with van der Waals surface area (Å²) in [5.41, 5.74) is 4.81. The molecule has 4 aromatic rings. The van der Waals surface area contributed by atoms with Gasteiger partial charge in [0, 0.05) is 37.4 Å². The van der Waals surface area contributed by atoms with Crippen molar-refractivity contribution in [1.82, 2.24) is 25.0 Å². The van der Waals surface area contributed by atoms with E-state index in [1.54, 1.807) is 18.5 Å². The van der Waals surface area contributed by atoms with Crippen LogP contribution in [0.25, 0.3) is 34.0 Å². The van der Waals surface area contributed by atoms with Gasteiger partial charge in [-0.15, -0.1) is 0 Å². The van der Waals surface area contributed by atoms with Crippen LogP contribution in [0.1, 0.15) is 18.7 Å². The molecule has 0 fully saturated rings. The number of hydrogen-bond donors (Lipinski definition) is 3. The molecule has 0 radical (unpaired) electrons. The van der Waals surface area contributed by atoms with Gasteiger partial charge in [0.25, 0.3) is 5.56 Å². The van der Waals surface area contributed by atoms with Crippen molar-refractivity contribution in [3.8, 4) is 34.0 Å². The second-order valence-electron chi connectivity index (χ2n) is 7.68. The monoisotopic (exact) mass is 449 g/mol. The molecule has 3 heterocycles. The Hall–Kier alpha value is -3.66. The largest absolute Gasteiger partial charge is 0.394 e. The normalized spacial score (nSPS) is 11.3. The van der Waals surface area contributed by atoms with Gasteiger partial charge in [-0.2, -0.15) is 0 Å². The zero-order valence-corrected chi connectivity index (χ0v) is 18.4. The smallest absolute Gasteiger partial charge is 0.250 e. The highest BCUT2D eigenvalue weighted by molar-refractivity contribution is 5.68. The Morgan fingerprint density at radius 2 is 1.82 bits per heavy atom. The molecule has 3 aromatic heterocycles. The van der Waals surface area contributed by atoms with Crippen LogP contribution < -0.4 is 10.9 Å². The van der Waals surface area contributed by atoms with Gasteiger partial charge in [-0.25, -0.2) is 4.98 Å². The van der Waals surface area contributed by atoms with Gasteiger partial charge in [-0.05, 0) is 25.6 Å². The van der Waals surface area contributed by atoms with Crippen molar-refractivity contribution in [2.45, 2.75) is 19.5 Å². The molecule has 0 amide bonds. The number of nitrogens with zero attached hydrogens (tertiary/aromatic N) is 4. The standard InChI is InChI=1S/C24H25N5O4.H2/c1-15-24(22-9-20(28-33-22)17-5-3-16(4-6-17)10-25-2)27-21(11-26-15)18-7-8-23(32)29(12-18)19(13-30)14-31;/h3-9,11-12,19,25,30-31H,10,13-14H2,1-2H3;1H. The van der Waals surface area contributed by atoms with Crippen molar-refractivity contribution < 1.29 is 16.2 Å². The molecule has 1 aromatic carbocycles. The van der Waals surface area contributed by atoms with Crippen LogP contribution in [0.2, 0.25) is 0 Å². The number of aliphatic hydroxyl groups is 2. The van der Waals surface area contributed by atoms with Crippen LogP contribution in [0.4, 0.5) is 0 Å². The lowest BCUT2D eigenvalue weighted by atomic mass is 10.1. The molecule has 9 nitrogen and oxygen atoms in total. The first-order chi connectivity index (χ1) is 16.0. The van der Waals surface area contributed by atoms with Crippen molar-refractivity contribution in [3.63, 3.8) is 0 Å². The number of rotatable bonds is 8. The van der Waals surface area contributed by atoms with Crippen LogP contribution in [0.15, 0.2) is 64.2 Å². The summed E-state index contributed by atoms with van der Waals surface area (Å²) in [4.78, 5) is 21.3. The van der Waals surface area contributed by atoms with Crippen molar-refractivity contribution in [2.24, 2.45) is 0 Å². The number of benzene rings is 1. The van der Waals surface area contributed by atoms with Gasteiger partial charge in [0.1, 0.15) is 11.4 Å². The van der Waals surface area contributed by atoms with Crippen molar-refractivity contribution in [2.75, 3.05) is 20.3 Å². The summed E-state index contributed by atoms with van der Waals surface area (Å²) in [6.45, 7) is 1.90. The number of hydrogen-bond acceptors (Lipinski definition) is 8. The van der Waals surface area contributed by atoms with Crippen molar-refractivity contribution in [3.05, 3.63) is 76.5 Å². The average molecular weight is 450 g/mol. The molecule has 33 heavy (non-hydrogen) atoms. The van der Waals surface area contributed by atoms with E-state index in [0.29, 0.717) is 34.1 Å². The molecule has 0 aliphatic carbocycles. The molecule has 3 N–H and O–H groups in total. The van der Waals surface area contributed by atoms with Gasteiger partial charge in [0.05, 0.1) is 36.8 Å². The van der Waals surface area contributed by atoms with Gasteiger partial charge >= 0.3 is 0 Å². The summed E-state index contributed by atoms with van der Waals surface area (Å²) in [6, 6.07) is 12.1. The number of aromatic nitrogens is 4. The van der Waals surface area contributed by atoms with Gasteiger partial charge in [0.2, 0.25) is 0 Å². The van der Waals surface area contributed by atoms with Gasteiger partial charge in [-0.3, -0.25) is 9.78 Å². The highest BCUT2D eigenvalue weighted by Crippen LogP contribution is 2.28. The summed E-state index contributed by atoms with van der Waals surface area (Å²) in [5, 5.41) is 26.2. The van der Waals surface area contributed by atoms with E-state index >= 15 is 0 Å². The number of aryl methyl sites for hydroxylation is 1. The predicted octanol–water partition coefficient (Wildman–Crippen LogP) is 2.43. The number of nitrogens with one attached hydrogen (secondary N) is 1. The quantitative estimate of drug-likeness (QED) is 0.374. The molecule has 0 saturated heterocycles. The van der Waals surface area contributed by atoms with E-state index in [1.807, 2.05) is 44.3 Å². The maximum atomic E-state index is 12.2. The van der Waals surface area contributed by atoms with Gasteiger partial charge in [0.15, 0.2) is 5.76 Å². The zero-order chi connectivity index (χ0) is 23.4. The molecule has 0 atom stereocenters. The van der Waals surface area contributed by atoms with Crippen LogP contribution in [0.5, 0.6) is 0 Å². The Labute approximate surface area is 191 Å². The molecule has 9 heteroatoms. The fourth-order valence-corrected chi connectivity index (χ4v) is 3.52. The topological polar surface area (TPSA) is 126 Å². The predicted molar refractivity (Wildman–Crippen MR) is 125 cm³/mol. The summed E-state index contributed by atoms with van der Waals surface area (Å²) in [5.74, 6) is 0.480. The van der Waals surface area contributed by atoms with E-state index < -0.39 is 6.04 Å². The molecule has 0 bridgehead atoms. The fourth-order valence-electron chi connectivity index (χ4n) is 3.52. The van der Waals surface area contributed by atoms with Gasteiger partial charge < -0.3 is 24.6 Å². The Morgan fingerprint density at radius 3 is 2.52 bits per heavy atom. The van der Waals surface area contributed by atoms with Gasteiger partial charge in [-0.1, -0.05) is 29.4 Å². The average Bonchev–Trinajstić information content (AvgIpc) is 3.32. The number of aliphatic hydroxyl groups excluding tert-OH is 2. The Bertz CT molecular complexity index is 1300. The first kappa shape index (κ1) is 22.5. The van der Waals surface area contributed by atoms with E-state index in [2.05, 4.69) is 15.5 Å². The Balaban J connectivity index is 0.00000324. The number of pyridine rings is 1. The molecular weight excluding hydrogens is 422 g/mol. The first-order valence-corrected chi connectivity index (χ1v) is 10.5. The van der Waals surface area contributed by atoms with Crippen molar-refractivity contribution >= 4 is 0 Å². The lowest BCUT2D eigenvalue weighted by molar-refractivity contribution is 0.152. The van der Waals surface area contributed by atoms with Crippen LogP contribution in [-0.2, 0) is 6.54 Å². The summed E-state index contributed by atoms with van der Waals surface area (Å²) >= 11 is 0. The maximum Gasteiger partial charge on any atom is 0.250 e. The zero-order valence-electron chi connectivity index (χ0n) is 18.4. The Morgan fingerprint density at radius 1 is 1.09 bits per heavy atom. The van der Waals surface area contributed by atoms with E-state index in [0.717, 1.165) is 12.1 Å². The minimum atomic E-state index is -0.730. The Kier molecular flexibility index (Phi) is 6.74. The highest BCUT2D eigenvalue weighted by Gasteiger charge is 2.16. The minimum absolute atomic E-state index is 0. The van der Waals surface area contributed by atoms with E-state index in [4.69, 9.17) is 9.51 Å². The molecule has 0 aliphatic rings. The summed E-state index contributed by atoms with van der Waals surface area (Å²) in [6.07, 6.45) is 3.16. The van der Waals surface area contributed by atoms with Crippen LogP contribution in [0.3, 0.4) is 0 Å². The molecule has 0 unspecified atom stereocenters. The third-order valence-corrected chi connectivity index (χ3v) is 5.38. The molecule has 0 saturated carbocycles. The van der Waals surface area contributed by atoms with Crippen molar-refractivity contribution in [1.29, 1.82) is 0 Å². The second kappa shape index (κ2) is 9.86. The molecule has 0 spiro atoms. The lowest BCUT2D eigenvalue weighted by Gasteiger charge is -2.15.